The fourth-order valence-corrected chi connectivity index (χ4v) is 4.54. The SMILES string of the molecule is O=C1CCC(Nc2ccc(N3CCC(CN4CCCCC4)CC3)nc2)C(=O)N1. The molecule has 0 saturated carbocycles. The predicted octanol–water partition coefficient (Wildman–Crippen LogP) is 2.00. The quantitative estimate of drug-likeness (QED) is 0.755. The van der Waals surface area contributed by atoms with E-state index in [1.54, 1.807) is 6.20 Å². The molecule has 0 spiro atoms. The Labute approximate surface area is 166 Å². The third-order valence-corrected chi connectivity index (χ3v) is 6.23. The van der Waals surface area contributed by atoms with Gasteiger partial charge in [-0.15, -0.1) is 0 Å². The molecule has 7 nitrogen and oxygen atoms in total. The lowest BCUT2D eigenvalue weighted by Gasteiger charge is -2.36. The third-order valence-electron chi connectivity index (χ3n) is 6.23. The van der Waals surface area contributed by atoms with Crippen LogP contribution in [0.15, 0.2) is 18.3 Å². The molecule has 1 unspecified atom stereocenters. The molecular formula is C21H31N5O2. The van der Waals surface area contributed by atoms with Crippen molar-refractivity contribution in [3.8, 4) is 0 Å². The lowest BCUT2D eigenvalue weighted by Crippen LogP contribution is -2.47. The van der Waals surface area contributed by atoms with E-state index in [0.717, 1.165) is 30.5 Å². The predicted molar refractivity (Wildman–Crippen MR) is 109 cm³/mol. The molecule has 1 aromatic rings. The van der Waals surface area contributed by atoms with Gasteiger partial charge >= 0.3 is 0 Å². The number of hydrogen-bond acceptors (Lipinski definition) is 6. The van der Waals surface area contributed by atoms with Crippen molar-refractivity contribution in [1.29, 1.82) is 0 Å². The molecule has 1 aromatic heterocycles. The van der Waals surface area contributed by atoms with E-state index in [2.05, 4.69) is 25.4 Å². The first-order valence-electron chi connectivity index (χ1n) is 10.7. The molecule has 28 heavy (non-hydrogen) atoms. The summed E-state index contributed by atoms with van der Waals surface area (Å²) in [6.07, 6.45) is 9.28. The number of carbonyl (C=O) groups excluding carboxylic acids is 2. The van der Waals surface area contributed by atoms with E-state index in [1.807, 2.05) is 12.1 Å². The van der Waals surface area contributed by atoms with E-state index in [0.29, 0.717) is 12.8 Å². The van der Waals surface area contributed by atoms with Gasteiger partial charge in [0.25, 0.3) is 0 Å². The molecule has 3 aliphatic rings. The highest BCUT2D eigenvalue weighted by molar-refractivity contribution is 6.01. The molecule has 7 heteroatoms. The van der Waals surface area contributed by atoms with E-state index in [-0.39, 0.29) is 17.9 Å². The average molecular weight is 386 g/mol. The summed E-state index contributed by atoms with van der Waals surface area (Å²) in [6, 6.07) is 3.64. The first-order valence-corrected chi connectivity index (χ1v) is 10.7. The van der Waals surface area contributed by atoms with E-state index < -0.39 is 0 Å². The van der Waals surface area contributed by atoms with E-state index >= 15 is 0 Å². The maximum atomic E-state index is 11.9. The number of hydrogen-bond donors (Lipinski definition) is 2. The van der Waals surface area contributed by atoms with Gasteiger partial charge in [-0.25, -0.2) is 4.98 Å². The van der Waals surface area contributed by atoms with Gasteiger partial charge in [0.2, 0.25) is 11.8 Å². The Hall–Kier alpha value is -2.15. The normalized spacial score (nSPS) is 24.9. The first kappa shape index (κ1) is 19.2. The van der Waals surface area contributed by atoms with Gasteiger partial charge in [-0.05, 0) is 63.2 Å². The highest BCUT2D eigenvalue weighted by Crippen LogP contribution is 2.24. The van der Waals surface area contributed by atoms with E-state index in [1.165, 1.54) is 51.7 Å². The minimum absolute atomic E-state index is 0.194. The van der Waals surface area contributed by atoms with Gasteiger partial charge in [0, 0.05) is 26.1 Å². The number of imide groups is 1. The third kappa shape index (κ3) is 4.82. The van der Waals surface area contributed by atoms with Gasteiger partial charge in [0.05, 0.1) is 11.9 Å². The average Bonchev–Trinajstić information content (AvgIpc) is 2.72. The van der Waals surface area contributed by atoms with Gasteiger partial charge in [0.15, 0.2) is 0 Å². The fraction of sp³-hybridized carbons (Fsp3) is 0.667. The number of likely N-dealkylation sites (tertiary alicyclic amines) is 1. The molecule has 4 heterocycles. The maximum absolute atomic E-state index is 11.9. The molecule has 4 rings (SSSR count). The molecule has 0 aliphatic carbocycles. The molecule has 2 N–H and O–H groups in total. The Morgan fingerprint density at radius 3 is 2.50 bits per heavy atom. The summed E-state index contributed by atoms with van der Waals surface area (Å²) < 4.78 is 0. The Bertz CT molecular complexity index is 679. The summed E-state index contributed by atoms with van der Waals surface area (Å²) in [6.45, 7) is 5.94. The number of carbonyl (C=O) groups is 2. The number of rotatable bonds is 5. The molecule has 2 amide bonds. The largest absolute Gasteiger partial charge is 0.372 e. The molecule has 1 atom stereocenters. The van der Waals surface area contributed by atoms with Gasteiger partial charge in [0.1, 0.15) is 11.9 Å². The van der Waals surface area contributed by atoms with Gasteiger partial charge in [-0.3, -0.25) is 14.9 Å². The summed E-state index contributed by atoms with van der Waals surface area (Å²) in [5, 5.41) is 5.56. The molecule has 3 aliphatic heterocycles. The zero-order valence-electron chi connectivity index (χ0n) is 16.5. The summed E-state index contributed by atoms with van der Waals surface area (Å²) in [5.74, 6) is 1.37. The van der Waals surface area contributed by atoms with Crippen LogP contribution in [0.3, 0.4) is 0 Å². The fourth-order valence-electron chi connectivity index (χ4n) is 4.54. The van der Waals surface area contributed by atoms with Crippen molar-refractivity contribution in [2.45, 2.75) is 51.0 Å². The Morgan fingerprint density at radius 2 is 1.82 bits per heavy atom. The van der Waals surface area contributed by atoms with Crippen LogP contribution in [0.4, 0.5) is 11.5 Å². The van der Waals surface area contributed by atoms with Crippen molar-refractivity contribution in [2.24, 2.45) is 5.92 Å². The first-order chi connectivity index (χ1) is 13.7. The molecule has 0 bridgehead atoms. The molecule has 152 valence electrons. The van der Waals surface area contributed by atoms with E-state index in [9.17, 15) is 9.59 Å². The molecule has 3 saturated heterocycles. The van der Waals surface area contributed by atoms with Crippen molar-refractivity contribution in [1.82, 2.24) is 15.2 Å². The van der Waals surface area contributed by atoms with Crippen LogP contribution in [0.25, 0.3) is 0 Å². The summed E-state index contributed by atoms with van der Waals surface area (Å²) in [4.78, 5) is 32.7. The van der Waals surface area contributed by atoms with Gasteiger partial charge in [-0.1, -0.05) is 6.42 Å². The Balaban J connectivity index is 1.25. The van der Waals surface area contributed by atoms with Gasteiger partial charge in [-0.2, -0.15) is 0 Å². The highest BCUT2D eigenvalue weighted by Gasteiger charge is 2.27. The summed E-state index contributed by atoms with van der Waals surface area (Å²) in [5.41, 5.74) is 0.818. The lowest BCUT2D eigenvalue weighted by atomic mass is 9.95. The number of anilines is 2. The minimum Gasteiger partial charge on any atom is -0.372 e. The number of amides is 2. The minimum atomic E-state index is -0.365. The zero-order chi connectivity index (χ0) is 19.3. The molecule has 0 aromatic carbocycles. The van der Waals surface area contributed by atoms with Crippen molar-refractivity contribution in [3.63, 3.8) is 0 Å². The lowest BCUT2D eigenvalue weighted by molar-refractivity contribution is -0.133. The van der Waals surface area contributed by atoms with Crippen LogP contribution in [0.5, 0.6) is 0 Å². The van der Waals surface area contributed by atoms with Crippen LogP contribution in [-0.2, 0) is 9.59 Å². The van der Waals surface area contributed by atoms with Crippen molar-refractivity contribution in [3.05, 3.63) is 18.3 Å². The topological polar surface area (TPSA) is 77.6 Å². The number of pyridine rings is 1. The maximum Gasteiger partial charge on any atom is 0.249 e. The van der Waals surface area contributed by atoms with Crippen LogP contribution in [0.2, 0.25) is 0 Å². The smallest absolute Gasteiger partial charge is 0.249 e. The number of piperidine rings is 3. The second-order valence-corrected chi connectivity index (χ2v) is 8.34. The van der Waals surface area contributed by atoms with Crippen molar-refractivity contribution in [2.75, 3.05) is 42.9 Å². The van der Waals surface area contributed by atoms with Crippen LogP contribution in [-0.4, -0.2) is 60.5 Å². The molecule has 3 fully saturated rings. The Kier molecular flexibility index (Phi) is 6.10. The number of nitrogens with one attached hydrogen (secondary N) is 2. The highest BCUT2D eigenvalue weighted by atomic mass is 16.2. The van der Waals surface area contributed by atoms with Gasteiger partial charge < -0.3 is 15.1 Å². The second kappa shape index (κ2) is 8.90. The number of aromatic nitrogens is 1. The standard InChI is InChI=1S/C21H31N5O2/c27-20-7-5-18(21(28)24-20)23-17-4-6-19(22-14-17)26-12-8-16(9-13-26)15-25-10-2-1-3-11-25/h4,6,14,16,18,23H,1-3,5,7-13,15H2,(H,24,27,28). The molecular weight excluding hydrogens is 354 g/mol. The molecule has 0 radical (unpaired) electrons. The second-order valence-electron chi connectivity index (χ2n) is 8.34. The summed E-state index contributed by atoms with van der Waals surface area (Å²) >= 11 is 0. The van der Waals surface area contributed by atoms with Crippen LogP contribution < -0.4 is 15.5 Å². The van der Waals surface area contributed by atoms with Crippen LogP contribution >= 0.6 is 0 Å². The van der Waals surface area contributed by atoms with Crippen LogP contribution in [0.1, 0.15) is 44.9 Å². The van der Waals surface area contributed by atoms with E-state index in [4.69, 9.17) is 0 Å². The van der Waals surface area contributed by atoms with Crippen molar-refractivity contribution >= 4 is 23.3 Å². The van der Waals surface area contributed by atoms with Crippen molar-refractivity contribution < 1.29 is 9.59 Å². The Morgan fingerprint density at radius 1 is 1.04 bits per heavy atom. The van der Waals surface area contributed by atoms with Crippen LogP contribution in [0, 0.1) is 5.92 Å². The monoisotopic (exact) mass is 385 g/mol. The number of nitrogens with zero attached hydrogens (tertiary/aromatic N) is 3. The summed E-state index contributed by atoms with van der Waals surface area (Å²) in [7, 11) is 0. The zero-order valence-corrected chi connectivity index (χ0v) is 16.5.